The Labute approximate surface area is 200 Å². The molecular formula is C20H30IN5O2S2. The van der Waals surface area contributed by atoms with Crippen LogP contribution in [0.4, 0.5) is 5.00 Å². The van der Waals surface area contributed by atoms with Crippen LogP contribution in [0.25, 0.3) is 0 Å². The summed E-state index contributed by atoms with van der Waals surface area (Å²) < 4.78 is 26.5. The molecule has 7 nitrogen and oxygen atoms in total. The highest BCUT2D eigenvalue weighted by molar-refractivity contribution is 14.0. The van der Waals surface area contributed by atoms with Crippen LogP contribution in [0.1, 0.15) is 12.5 Å². The highest BCUT2D eigenvalue weighted by atomic mass is 127. The van der Waals surface area contributed by atoms with E-state index in [1.165, 1.54) is 9.31 Å². The minimum Gasteiger partial charge on any atom is -0.360 e. The molecular weight excluding hydrogens is 533 g/mol. The zero-order valence-electron chi connectivity index (χ0n) is 17.6. The van der Waals surface area contributed by atoms with Gasteiger partial charge >= 0.3 is 0 Å². The smallest absolute Gasteiger partial charge is 0.242 e. The van der Waals surface area contributed by atoms with Crippen LogP contribution in [0.5, 0.6) is 0 Å². The number of hydrogen-bond donors (Lipinski definition) is 1. The van der Waals surface area contributed by atoms with E-state index in [2.05, 4.69) is 32.6 Å². The van der Waals surface area contributed by atoms with E-state index in [1.807, 2.05) is 19.1 Å². The number of nitrogens with one attached hydrogen (secondary N) is 1. The molecule has 3 rings (SSSR count). The molecule has 1 N–H and O–H groups in total. The number of thiophene rings is 1. The van der Waals surface area contributed by atoms with Gasteiger partial charge in [0.1, 0.15) is 0 Å². The molecule has 30 heavy (non-hydrogen) atoms. The summed E-state index contributed by atoms with van der Waals surface area (Å²) in [6.45, 7) is 6.76. The molecule has 0 spiro atoms. The Morgan fingerprint density at radius 3 is 2.43 bits per heavy atom. The fourth-order valence-electron chi connectivity index (χ4n) is 3.26. The molecule has 0 atom stereocenters. The Balaban J connectivity index is 0.00000320. The molecule has 1 aliphatic heterocycles. The van der Waals surface area contributed by atoms with E-state index in [0.29, 0.717) is 17.0 Å². The Morgan fingerprint density at radius 1 is 1.13 bits per heavy atom. The van der Waals surface area contributed by atoms with Gasteiger partial charge in [-0.3, -0.25) is 0 Å². The molecule has 0 radical (unpaired) electrons. The highest BCUT2D eigenvalue weighted by Crippen LogP contribution is 2.23. The van der Waals surface area contributed by atoms with Crippen molar-refractivity contribution < 1.29 is 8.42 Å². The number of anilines is 1. The average Bonchev–Trinajstić information content (AvgIpc) is 3.26. The van der Waals surface area contributed by atoms with Gasteiger partial charge in [0, 0.05) is 46.8 Å². The molecule has 166 valence electrons. The van der Waals surface area contributed by atoms with Gasteiger partial charge in [0.05, 0.1) is 16.4 Å². The lowest BCUT2D eigenvalue weighted by molar-refractivity contribution is 0.373. The molecule has 0 bridgehead atoms. The number of aliphatic imine (C=N–C) groups is 1. The molecule has 2 heterocycles. The molecule has 0 unspecified atom stereocenters. The number of piperazine rings is 1. The van der Waals surface area contributed by atoms with Crippen molar-refractivity contribution in [3.8, 4) is 0 Å². The Bertz CT molecular complexity index is 924. The fourth-order valence-corrected chi connectivity index (χ4v) is 5.15. The molecule has 10 heteroatoms. The van der Waals surface area contributed by atoms with Gasteiger partial charge in [0.25, 0.3) is 0 Å². The van der Waals surface area contributed by atoms with Crippen LogP contribution in [0.2, 0.25) is 0 Å². The second-order valence-electron chi connectivity index (χ2n) is 6.99. The van der Waals surface area contributed by atoms with Crippen molar-refractivity contribution >= 4 is 56.3 Å². The summed E-state index contributed by atoms with van der Waals surface area (Å²) in [5, 5.41) is 6.76. The third kappa shape index (κ3) is 5.86. The van der Waals surface area contributed by atoms with Gasteiger partial charge in [-0.25, -0.2) is 17.7 Å². The van der Waals surface area contributed by atoms with Crippen molar-refractivity contribution in [1.82, 2.24) is 14.5 Å². The summed E-state index contributed by atoms with van der Waals surface area (Å²) in [4.78, 5) is 9.71. The zero-order chi connectivity index (χ0) is 20.9. The van der Waals surface area contributed by atoms with Gasteiger partial charge in [-0.1, -0.05) is 18.2 Å². The first-order chi connectivity index (χ1) is 13.9. The number of nitrogens with zero attached hydrogens (tertiary/aromatic N) is 4. The van der Waals surface area contributed by atoms with Crippen LogP contribution >= 0.6 is 35.3 Å². The number of benzene rings is 1. The van der Waals surface area contributed by atoms with Crippen LogP contribution in [-0.2, 0) is 16.6 Å². The molecule has 1 aromatic heterocycles. The lowest BCUT2D eigenvalue weighted by Crippen LogP contribution is -2.52. The first-order valence-electron chi connectivity index (χ1n) is 9.75. The van der Waals surface area contributed by atoms with Crippen molar-refractivity contribution in [1.29, 1.82) is 0 Å². The van der Waals surface area contributed by atoms with E-state index in [9.17, 15) is 8.42 Å². The predicted molar refractivity (Wildman–Crippen MR) is 136 cm³/mol. The van der Waals surface area contributed by atoms with E-state index in [-0.39, 0.29) is 24.0 Å². The largest absolute Gasteiger partial charge is 0.360 e. The molecule has 1 saturated heterocycles. The van der Waals surface area contributed by atoms with E-state index < -0.39 is 10.0 Å². The maximum absolute atomic E-state index is 12.6. The Morgan fingerprint density at radius 2 is 1.83 bits per heavy atom. The molecule has 0 saturated carbocycles. The summed E-state index contributed by atoms with van der Waals surface area (Å²) in [5.74, 6) is 0.829. The lowest BCUT2D eigenvalue weighted by atomic mass is 10.2. The second kappa shape index (κ2) is 11.3. The third-order valence-corrected chi connectivity index (χ3v) is 7.71. The third-order valence-electron chi connectivity index (χ3n) is 4.86. The normalized spacial score (nSPS) is 15.3. The van der Waals surface area contributed by atoms with Crippen LogP contribution < -0.4 is 10.2 Å². The number of rotatable bonds is 6. The summed E-state index contributed by atoms with van der Waals surface area (Å²) in [6.07, 6.45) is 0. The van der Waals surface area contributed by atoms with E-state index >= 15 is 0 Å². The second-order valence-corrected chi connectivity index (χ2v) is 10.0. The quantitative estimate of drug-likeness (QED) is 0.333. The maximum Gasteiger partial charge on any atom is 0.242 e. The maximum atomic E-state index is 12.6. The van der Waals surface area contributed by atoms with Crippen LogP contribution in [0.15, 0.2) is 51.7 Å². The van der Waals surface area contributed by atoms with Gasteiger partial charge in [-0.05, 0) is 36.1 Å². The van der Waals surface area contributed by atoms with Crippen molar-refractivity contribution in [2.24, 2.45) is 4.99 Å². The molecule has 1 aromatic carbocycles. The van der Waals surface area contributed by atoms with Crippen molar-refractivity contribution in [2.45, 2.75) is 18.4 Å². The molecule has 1 fully saturated rings. The van der Waals surface area contributed by atoms with Crippen LogP contribution in [0.3, 0.4) is 0 Å². The SMILES string of the molecule is CCNC(=NCc1ccccc1S(=O)(=O)N(C)C)N1CCN(c2cccs2)CC1.I. The van der Waals surface area contributed by atoms with Crippen molar-refractivity contribution in [3.63, 3.8) is 0 Å². The van der Waals surface area contributed by atoms with Crippen LogP contribution in [-0.4, -0.2) is 70.4 Å². The summed E-state index contributed by atoms with van der Waals surface area (Å²) >= 11 is 1.76. The summed E-state index contributed by atoms with van der Waals surface area (Å²) in [6, 6.07) is 11.3. The minimum absolute atomic E-state index is 0. The van der Waals surface area contributed by atoms with E-state index in [1.54, 1.807) is 37.6 Å². The Kier molecular flexibility index (Phi) is 9.38. The number of sulfonamides is 1. The monoisotopic (exact) mass is 563 g/mol. The average molecular weight is 564 g/mol. The number of hydrogen-bond acceptors (Lipinski definition) is 5. The molecule has 2 aromatic rings. The molecule has 1 aliphatic rings. The van der Waals surface area contributed by atoms with E-state index in [0.717, 1.165) is 38.7 Å². The van der Waals surface area contributed by atoms with Gasteiger partial charge in [-0.15, -0.1) is 35.3 Å². The van der Waals surface area contributed by atoms with E-state index in [4.69, 9.17) is 4.99 Å². The van der Waals surface area contributed by atoms with Crippen molar-refractivity contribution in [3.05, 3.63) is 47.3 Å². The summed E-state index contributed by atoms with van der Waals surface area (Å²) in [5.41, 5.74) is 0.703. The van der Waals surface area contributed by atoms with Crippen LogP contribution in [0, 0.1) is 0 Å². The number of guanidine groups is 1. The lowest BCUT2D eigenvalue weighted by Gasteiger charge is -2.37. The van der Waals surface area contributed by atoms with Gasteiger partial charge in [0.2, 0.25) is 10.0 Å². The van der Waals surface area contributed by atoms with Gasteiger partial charge in [-0.2, -0.15) is 0 Å². The van der Waals surface area contributed by atoms with Crippen molar-refractivity contribution in [2.75, 3.05) is 51.7 Å². The summed E-state index contributed by atoms with van der Waals surface area (Å²) in [7, 11) is -0.404. The standard InChI is InChI=1S/C20H29N5O2S2.HI/c1-4-21-20(25-13-11-24(12-14-25)19-10-7-15-28-19)22-16-17-8-5-6-9-18(17)29(26,27)23(2)3;/h5-10,15H,4,11-14,16H2,1-3H3,(H,21,22);1H. The Hall–Kier alpha value is -1.37. The highest BCUT2D eigenvalue weighted by Gasteiger charge is 2.22. The number of halogens is 1. The minimum atomic E-state index is -3.50. The van der Waals surface area contributed by atoms with Gasteiger partial charge < -0.3 is 15.1 Å². The zero-order valence-corrected chi connectivity index (χ0v) is 21.6. The topological polar surface area (TPSA) is 68.2 Å². The first kappa shape index (κ1) is 24.9. The predicted octanol–water partition coefficient (Wildman–Crippen LogP) is 2.90. The first-order valence-corrected chi connectivity index (χ1v) is 12.1. The fraction of sp³-hybridized carbons (Fsp3) is 0.450. The van der Waals surface area contributed by atoms with Gasteiger partial charge in [0.15, 0.2) is 5.96 Å². The molecule has 0 amide bonds. The molecule has 0 aliphatic carbocycles.